The van der Waals surface area contributed by atoms with Gasteiger partial charge in [0.05, 0.1) is 6.10 Å². The number of piperidine rings is 1. The molecule has 1 aliphatic carbocycles. The summed E-state index contributed by atoms with van der Waals surface area (Å²) >= 11 is 1.73. The fraction of sp³-hybridized carbons (Fsp3) is 0.500. The minimum absolute atomic E-state index is 0.0158. The van der Waals surface area contributed by atoms with Crippen molar-refractivity contribution in [2.24, 2.45) is 0 Å². The number of hydrogen-bond acceptors (Lipinski definition) is 3. The summed E-state index contributed by atoms with van der Waals surface area (Å²) < 4.78 is 1.28. The van der Waals surface area contributed by atoms with Gasteiger partial charge in [-0.3, -0.25) is 0 Å². The third-order valence-electron chi connectivity index (χ3n) is 5.36. The lowest BCUT2D eigenvalue weighted by atomic mass is 9.69. The first-order valence-electron chi connectivity index (χ1n) is 8.36. The first kappa shape index (κ1) is 15.0. The maximum Gasteiger partial charge on any atom is 0.318 e. The SMILES string of the molecule is O=C(NCc1ccc2sccc2c1)N1CCC(O)CC12CCC2. The van der Waals surface area contributed by atoms with E-state index < -0.39 is 0 Å². The summed E-state index contributed by atoms with van der Waals surface area (Å²) in [5.74, 6) is 0. The number of fused-ring (bicyclic) bond motifs is 1. The molecule has 0 bridgehead atoms. The molecule has 1 unspecified atom stereocenters. The molecule has 4 nitrogen and oxygen atoms in total. The summed E-state index contributed by atoms with van der Waals surface area (Å²) in [7, 11) is 0. The van der Waals surface area contributed by atoms with Crippen molar-refractivity contribution in [3.05, 3.63) is 35.2 Å². The van der Waals surface area contributed by atoms with Gasteiger partial charge in [0.25, 0.3) is 0 Å². The van der Waals surface area contributed by atoms with E-state index >= 15 is 0 Å². The van der Waals surface area contributed by atoms with Crippen LogP contribution in [0.3, 0.4) is 0 Å². The minimum Gasteiger partial charge on any atom is -0.393 e. The van der Waals surface area contributed by atoms with Gasteiger partial charge in [0.2, 0.25) is 0 Å². The summed E-state index contributed by atoms with van der Waals surface area (Å²) in [4.78, 5) is 14.6. The number of aliphatic hydroxyl groups is 1. The van der Waals surface area contributed by atoms with E-state index in [2.05, 4.69) is 35.0 Å². The van der Waals surface area contributed by atoms with Crippen LogP contribution in [0, 0.1) is 0 Å². The second kappa shape index (κ2) is 5.80. The van der Waals surface area contributed by atoms with Crippen molar-refractivity contribution >= 4 is 27.5 Å². The molecule has 1 aromatic heterocycles. The third kappa shape index (κ3) is 2.72. The van der Waals surface area contributed by atoms with Crippen LogP contribution >= 0.6 is 11.3 Å². The monoisotopic (exact) mass is 330 g/mol. The highest BCUT2D eigenvalue weighted by atomic mass is 32.1. The maximum atomic E-state index is 12.6. The molecule has 1 spiro atoms. The highest BCUT2D eigenvalue weighted by molar-refractivity contribution is 7.17. The third-order valence-corrected chi connectivity index (χ3v) is 6.26. The molecule has 2 aromatic rings. The van der Waals surface area contributed by atoms with Crippen LogP contribution in [0.15, 0.2) is 29.6 Å². The van der Waals surface area contributed by atoms with Crippen molar-refractivity contribution in [2.75, 3.05) is 6.54 Å². The first-order valence-corrected chi connectivity index (χ1v) is 9.24. The molecule has 1 saturated heterocycles. The van der Waals surface area contributed by atoms with E-state index in [4.69, 9.17) is 0 Å². The van der Waals surface area contributed by atoms with Gasteiger partial charge >= 0.3 is 6.03 Å². The van der Waals surface area contributed by atoms with Crippen LogP contribution in [-0.4, -0.2) is 34.2 Å². The molecule has 2 heterocycles. The average molecular weight is 330 g/mol. The number of urea groups is 1. The Bertz CT molecular complexity index is 723. The number of amides is 2. The van der Waals surface area contributed by atoms with E-state index in [0.717, 1.165) is 31.2 Å². The number of aliphatic hydroxyl groups excluding tert-OH is 1. The van der Waals surface area contributed by atoms with Crippen molar-refractivity contribution in [3.8, 4) is 0 Å². The van der Waals surface area contributed by atoms with Crippen LogP contribution < -0.4 is 5.32 Å². The number of hydrogen-bond donors (Lipinski definition) is 2. The van der Waals surface area contributed by atoms with Gasteiger partial charge in [-0.15, -0.1) is 11.3 Å². The lowest BCUT2D eigenvalue weighted by Crippen LogP contribution is -2.63. The second-order valence-electron chi connectivity index (χ2n) is 6.83. The Labute approximate surface area is 140 Å². The summed E-state index contributed by atoms with van der Waals surface area (Å²) in [5, 5.41) is 16.3. The first-order chi connectivity index (χ1) is 11.2. The predicted octanol–water partition coefficient (Wildman–Crippen LogP) is 3.49. The summed E-state index contributed by atoms with van der Waals surface area (Å²) in [6.45, 7) is 1.22. The molecule has 2 fully saturated rings. The van der Waals surface area contributed by atoms with Gasteiger partial charge in [-0.2, -0.15) is 0 Å². The molecule has 2 aliphatic rings. The molecule has 1 atom stereocenters. The number of benzene rings is 1. The second-order valence-corrected chi connectivity index (χ2v) is 7.78. The fourth-order valence-corrected chi connectivity index (χ4v) is 4.71. The van der Waals surface area contributed by atoms with Crippen molar-refractivity contribution in [1.82, 2.24) is 10.2 Å². The van der Waals surface area contributed by atoms with Crippen LogP contribution in [0.1, 0.15) is 37.7 Å². The van der Waals surface area contributed by atoms with Gasteiger partial charge in [-0.1, -0.05) is 6.07 Å². The molecule has 1 aliphatic heterocycles. The Kier molecular flexibility index (Phi) is 3.77. The lowest BCUT2D eigenvalue weighted by molar-refractivity contribution is -0.0399. The van der Waals surface area contributed by atoms with Crippen LogP contribution in [0.25, 0.3) is 10.1 Å². The number of carbonyl (C=O) groups is 1. The zero-order chi connectivity index (χ0) is 15.9. The molecular formula is C18H22N2O2S. The molecular weight excluding hydrogens is 308 g/mol. The molecule has 5 heteroatoms. The number of nitrogens with zero attached hydrogens (tertiary/aromatic N) is 1. The zero-order valence-electron chi connectivity index (χ0n) is 13.1. The van der Waals surface area contributed by atoms with Crippen molar-refractivity contribution in [2.45, 2.75) is 50.3 Å². The number of thiophene rings is 1. The smallest absolute Gasteiger partial charge is 0.318 e. The fourth-order valence-electron chi connectivity index (χ4n) is 3.94. The maximum absolute atomic E-state index is 12.6. The van der Waals surface area contributed by atoms with Gasteiger partial charge in [-0.25, -0.2) is 4.79 Å². The Hall–Kier alpha value is -1.59. The van der Waals surface area contributed by atoms with E-state index in [1.165, 1.54) is 10.1 Å². The van der Waals surface area contributed by atoms with Gasteiger partial charge in [-0.05, 0) is 66.6 Å². The van der Waals surface area contributed by atoms with Crippen molar-refractivity contribution in [3.63, 3.8) is 0 Å². The number of rotatable bonds is 2. The summed E-state index contributed by atoms with van der Waals surface area (Å²) in [6, 6.07) is 8.47. The van der Waals surface area contributed by atoms with E-state index in [1.54, 1.807) is 11.3 Å². The Balaban J connectivity index is 1.43. The number of nitrogens with one attached hydrogen (secondary N) is 1. The molecule has 23 heavy (non-hydrogen) atoms. The van der Waals surface area contributed by atoms with E-state index in [0.29, 0.717) is 19.5 Å². The van der Waals surface area contributed by atoms with Gasteiger partial charge < -0.3 is 15.3 Å². The topological polar surface area (TPSA) is 52.6 Å². The average Bonchev–Trinajstić information content (AvgIpc) is 2.98. The Morgan fingerprint density at radius 2 is 2.26 bits per heavy atom. The molecule has 2 amide bonds. The minimum atomic E-state index is -0.250. The molecule has 1 aromatic carbocycles. The molecule has 122 valence electrons. The number of likely N-dealkylation sites (tertiary alicyclic amines) is 1. The Morgan fingerprint density at radius 3 is 3.04 bits per heavy atom. The quantitative estimate of drug-likeness (QED) is 0.885. The van der Waals surface area contributed by atoms with E-state index in [-0.39, 0.29) is 17.7 Å². The molecule has 1 saturated carbocycles. The van der Waals surface area contributed by atoms with Gasteiger partial charge in [0.15, 0.2) is 0 Å². The standard InChI is InChI=1S/C18H22N2O2S/c21-15-4-8-20(18(11-15)6-1-7-18)17(22)19-12-13-2-3-16-14(10-13)5-9-23-16/h2-3,5,9-10,15,21H,1,4,6-8,11-12H2,(H,19,22). The van der Waals surface area contributed by atoms with Crippen molar-refractivity contribution in [1.29, 1.82) is 0 Å². The van der Waals surface area contributed by atoms with Crippen molar-refractivity contribution < 1.29 is 9.90 Å². The largest absolute Gasteiger partial charge is 0.393 e. The van der Waals surface area contributed by atoms with E-state index in [9.17, 15) is 9.90 Å². The van der Waals surface area contributed by atoms with Gasteiger partial charge in [0.1, 0.15) is 0 Å². The normalized spacial score (nSPS) is 23.0. The van der Waals surface area contributed by atoms with Crippen LogP contribution in [0.5, 0.6) is 0 Å². The Morgan fingerprint density at radius 1 is 1.39 bits per heavy atom. The summed E-state index contributed by atoms with van der Waals surface area (Å²) in [6.07, 6.45) is 4.39. The highest BCUT2D eigenvalue weighted by Gasteiger charge is 2.48. The molecule has 2 N–H and O–H groups in total. The number of carbonyl (C=O) groups excluding carboxylic acids is 1. The summed E-state index contributed by atoms with van der Waals surface area (Å²) in [5.41, 5.74) is 1.04. The van der Waals surface area contributed by atoms with Crippen LogP contribution in [0.4, 0.5) is 4.79 Å². The van der Waals surface area contributed by atoms with Gasteiger partial charge in [0, 0.05) is 23.3 Å². The van der Waals surface area contributed by atoms with Crippen LogP contribution in [0.2, 0.25) is 0 Å². The van der Waals surface area contributed by atoms with Crippen LogP contribution in [-0.2, 0) is 6.54 Å². The zero-order valence-corrected chi connectivity index (χ0v) is 13.9. The lowest BCUT2D eigenvalue weighted by Gasteiger charge is -2.54. The predicted molar refractivity (Wildman–Crippen MR) is 92.6 cm³/mol. The highest BCUT2D eigenvalue weighted by Crippen LogP contribution is 2.44. The van der Waals surface area contributed by atoms with E-state index in [1.807, 2.05) is 4.90 Å². The molecule has 0 radical (unpaired) electrons. The molecule has 4 rings (SSSR count).